The molecule has 1 aromatic carbocycles. The quantitative estimate of drug-likeness (QED) is 0.834. The number of carbonyl (C=O) groups excluding carboxylic acids is 1. The second kappa shape index (κ2) is 7.50. The lowest BCUT2D eigenvalue weighted by Crippen LogP contribution is -2.48. The molecule has 1 amide bonds. The number of amides is 1. The van der Waals surface area contributed by atoms with Gasteiger partial charge in [0.05, 0.1) is 12.7 Å². The monoisotopic (exact) mass is 362 g/mol. The van der Waals surface area contributed by atoms with Crippen molar-refractivity contribution in [3.63, 3.8) is 0 Å². The molecule has 0 atom stereocenters. The Morgan fingerprint density at radius 3 is 2.52 bits per heavy atom. The maximum absolute atomic E-state index is 12.7. The molecule has 0 saturated carbocycles. The first-order chi connectivity index (χ1) is 12.0. The van der Waals surface area contributed by atoms with Gasteiger partial charge in [-0.2, -0.15) is 0 Å². The lowest BCUT2D eigenvalue weighted by molar-refractivity contribution is 0.0626. The number of rotatable bonds is 4. The summed E-state index contributed by atoms with van der Waals surface area (Å²) in [5.41, 5.74) is 1.73. The number of benzene rings is 1. The number of nitrogens with zero attached hydrogens (tertiary/aromatic N) is 2. The molecule has 0 radical (unpaired) electrons. The van der Waals surface area contributed by atoms with Gasteiger partial charge in [0.2, 0.25) is 0 Å². The van der Waals surface area contributed by atoms with Crippen LogP contribution in [0, 0.1) is 13.8 Å². The summed E-state index contributed by atoms with van der Waals surface area (Å²) in [4.78, 5) is 16.9. The zero-order valence-electron chi connectivity index (χ0n) is 14.8. The highest BCUT2D eigenvalue weighted by Gasteiger charge is 2.25. The first-order valence-corrected chi connectivity index (χ1v) is 8.77. The van der Waals surface area contributed by atoms with Crippen LogP contribution in [0.15, 0.2) is 28.7 Å². The number of carbonyl (C=O) groups is 1. The molecule has 134 valence electrons. The summed E-state index contributed by atoms with van der Waals surface area (Å²) in [6.45, 7) is 7.49. The number of aryl methyl sites for hydroxylation is 2. The topological polar surface area (TPSA) is 45.9 Å². The minimum absolute atomic E-state index is 0.0503. The van der Waals surface area contributed by atoms with E-state index in [2.05, 4.69) is 4.90 Å². The van der Waals surface area contributed by atoms with E-state index in [9.17, 15) is 4.79 Å². The van der Waals surface area contributed by atoms with Crippen LogP contribution in [0.4, 0.5) is 0 Å². The number of furan rings is 1. The summed E-state index contributed by atoms with van der Waals surface area (Å²) < 4.78 is 10.9. The van der Waals surface area contributed by atoms with Gasteiger partial charge in [0, 0.05) is 43.3 Å². The molecule has 1 saturated heterocycles. The Morgan fingerprint density at radius 1 is 1.20 bits per heavy atom. The van der Waals surface area contributed by atoms with Crippen LogP contribution in [0.3, 0.4) is 0 Å². The van der Waals surface area contributed by atoms with Gasteiger partial charge in [-0.25, -0.2) is 0 Å². The standard InChI is InChI=1S/C19H23ClN2O3/c1-13-10-17(14(2)25-13)19(23)22-8-6-21(7-9-22)12-15-11-16(20)4-5-18(15)24-3/h4-5,10-11H,6-9,12H2,1-3H3. The van der Waals surface area contributed by atoms with Gasteiger partial charge in [-0.1, -0.05) is 11.6 Å². The number of hydrogen-bond acceptors (Lipinski definition) is 4. The van der Waals surface area contributed by atoms with E-state index in [1.165, 1.54) is 0 Å². The number of methoxy groups -OCH3 is 1. The molecule has 0 N–H and O–H groups in total. The van der Waals surface area contributed by atoms with Crippen LogP contribution < -0.4 is 4.74 Å². The molecule has 1 aliphatic rings. The van der Waals surface area contributed by atoms with E-state index in [1.54, 1.807) is 7.11 Å². The van der Waals surface area contributed by atoms with Crippen molar-refractivity contribution in [2.24, 2.45) is 0 Å². The van der Waals surface area contributed by atoms with Crippen molar-refractivity contribution < 1.29 is 13.9 Å². The van der Waals surface area contributed by atoms with E-state index in [0.29, 0.717) is 29.4 Å². The summed E-state index contributed by atoms with van der Waals surface area (Å²) in [5.74, 6) is 2.35. The highest BCUT2D eigenvalue weighted by molar-refractivity contribution is 6.30. The van der Waals surface area contributed by atoms with E-state index in [1.807, 2.05) is 43.0 Å². The van der Waals surface area contributed by atoms with Gasteiger partial charge in [-0.05, 0) is 38.1 Å². The normalized spacial score (nSPS) is 15.4. The van der Waals surface area contributed by atoms with Crippen molar-refractivity contribution in [2.45, 2.75) is 20.4 Å². The third-order valence-corrected chi connectivity index (χ3v) is 4.80. The van der Waals surface area contributed by atoms with Gasteiger partial charge in [0.1, 0.15) is 17.3 Å². The Bertz CT molecular complexity index is 764. The average molecular weight is 363 g/mol. The SMILES string of the molecule is COc1ccc(Cl)cc1CN1CCN(C(=O)c2cc(C)oc2C)CC1. The van der Waals surface area contributed by atoms with Crippen LogP contribution in [0.2, 0.25) is 5.02 Å². The Hall–Kier alpha value is -1.98. The Balaban J connectivity index is 1.61. The second-order valence-corrected chi connectivity index (χ2v) is 6.79. The highest BCUT2D eigenvalue weighted by atomic mass is 35.5. The first kappa shape index (κ1) is 17.8. The van der Waals surface area contributed by atoms with Crippen LogP contribution >= 0.6 is 11.6 Å². The van der Waals surface area contributed by atoms with Gasteiger partial charge < -0.3 is 14.1 Å². The lowest BCUT2D eigenvalue weighted by Gasteiger charge is -2.34. The summed E-state index contributed by atoms with van der Waals surface area (Å²) in [7, 11) is 1.67. The third kappa shape index (κ3) is 3.99. The molecule has 3 rings (SSSR count). The molecule has 6 heteroatoms. The van der Waals surface area contributed by atoms with E-state index >= 15 is 0 Å². The predicted molar refractivity (Wildman–Crippen MR) is 97.4 cm³/mol. The van der Waals surface area contributed by atoms with Crippen LogP contribution in [-0.4, -0.2) is 49.0 Å². The number of hydrogen-bond donors (Lipinski definition) is 0. The fraction of sp³-hybridized carbons (Fsp3) is 0.421. The fourth-order valence-electron chi connectivity index (χ4n) is 3.23. The lowest BCUT2D eigenvalue weighted by atomic mass is 10.1. The Morgan fingerprint density at radius 2 is 1.92 bits per heavy atom. The van der Waals surface area contributed by atoms with Gasteiger partial charge in [-0.15, -0.1) is 0 Å². The van der Waals surface area contributed by atoms with E-state index in [-0.39, 0.29) is 5.91 Å². The predicted octanol–water partition coefficient (Wildman–Crippen LogP) is 3.52. The van der Waals surface area contributed by atoms with E-state index in [0.717, 1.165) is 36.7 Å². The molecule has 2 heterocycles. The van der Waals surface area contributed by atoms with Crippen molar-refractivity contribution in [2.75, 3.05) is 33.3 Å². The molecule has 0 unspecified atom stereocenters. The van der Waals surface area contributed by atoms with Gasteiger partial charge >= 0.3 is 0 Å². The molecule has 1 fully saturated rings. The van der Waals surface area contributed by atoms with Crippen LogP contribution in [0.1, 0.15) is 27.4 Å². The smallest absolute Gasteiger partial charge is 0.257 e. The summed E-state index contributed by atoms with van der Waals surface area (Å²) >= 11 is 6.10. The molecular formula is C19H23ClN2O3. The van der Waals surface area contributed by atoms with Crippen molar-refractivity contribution >= 4 is 17.5 Å². The highest BCUT2D eigenvalue weighted by Crippen LogP contribution is 2.25. The largest absolute Gasteiger partial charge is 0.496 e. The first-order valence-electron chi connectivity index (χ1n) is 8.39. The van der Waals surface area contributed by atoms with Crippen molar-refractivity contribution in [1.82, 2.24) is 9.80 Å². The molecule has 25 heavy (non-hydrogen) atoms. The fourth-order valence-corrected chi connectivity index (χ4v) is 3.43. The van der Waals surface area contributed by atoms with Crippen molar-refractivity contribution in [3.8, 4) is 5.75 Å². The average Bonchev–Trinajstić information content (AvgIpc) is 2.93. The second-order valence-electron chi connectivity index (χ2n) is 6.35. The van der Waals surface area contributed by atoms with Crippen LogP contribution in [-0.2, 0) is 6.54 Å². The minimum atomic E-state index is 0.0503. The Labute approximate surface area is 153 Å². The molecule has 1 aliphatic heterocycles. The number of ether oxygens (including phenoxy) is 1. The third-order valence-electron chi connectivity index (χ3n) is 4.57. The minimum Gasteiger partial charge on any atom is -0.496 e. The summed E-state index contributed by atoms with van der Waals surface area (Å²) in [5, 5.41) is 0.704. The van der Waals surface area contributed by atoms with Crippen molar-refractivity contribution in [1.29, 1.82) is 0 Å². The molecule has 0 spiro atoms. The van der Waals surface area contributed by atoms with Gasteiger partial charge in [-0.3, -0.25) is 9.69 Å². The number of piperazine rings is 1. The zero-order valence-corrected chi connectivity index (χ0v) is 15.6. The van der Waals surface area contributed by atoms with Gasteiger partial charge in [0.25, 0.3) is 5.91 Å². The maximum Gasteiger partial charge on any atom is 0.257 e. The maximum atomic E-state index is 12.7. The summed E-state index contributed by atoms with van der Waals surface area (Å²) in [6.07, 6.45) is 0. The van der Waals surface area contributed by atoms with Gasteiger partial charge in [0.15, 0.2) is 0 Å². The zero-order chi connectivity index (χ0) is 18.0. The molecule has 5 nitrogen and oxygen atoms in total. The molecule has 2 aromatic rings. The summed E-state index contributed by atoms with van der Waals surface area (Å²) in [6, 6.07) is 7.48. The molecule has 1 aromatic heterocycles. The number of halogens is 1. The molecule has 0 aliphatic carbocycles. The van der Waals surface area contributed by atoms with Crippen molar-refractivity contribution in [3.05, 3.63) is 51.9 Å². The molecule has 0 bridgehead atoms. The van der Waals surface area contributed by atoms with Crippen LogP contribution in [0.25, 0.3) is 0 Å². The van der Waals surface area contributed by atoms with E-state index in [4.69, 9.17) is 20.8 Å². The Kier molecular flexibility index (Phi) is 5.35. The van der Waals surface area contributed by atoms with E-state index < -0.39 is 0 Å². The molecular weight excluding hydrogens is 340 g/mol. The van der Waals surface area contributed by atoms with Crippen LogP contribution in [0.5, 0.6) is 5.75 Å².